The molecule has 2 unspecified atom stereocenters. The Morgan fingerprint density at radius 1 is 0.708 bits per heavy atom. The summed E-state index contributed by atoms with van der Waals surface area (Å²) in [6.07, 6.45) is 0. The lowest BCUT2D eigenvalue weighted by Gasteiger charge is -2.51. The average molecular weight is 357 g/mol. The third-order valence-corrected chi connectivity index (χ3v) is 8.74. The summed E-state index contributed by atoms with van der Waals surface area (Å²) in [5.74, 6) is 0. The van der Waals surface area contributed by atoms with E-state index in [1.807, 2.05) is 23.5 Å². The third-order valence-electron chi connectivity index (χ3n) is 5.45. The average Bonchev–Trinajstić information content (AvgIpc) is 3.06. The van der Waals surface area contributed by atoms with Gasteiger partial charge in [-0.25, -0.2) is 0 Å². The summed E-state index contributed by atoms with van der Waals surface area (Å²) in [6.45, 7) is 11.4. The van der Waals surface area contributed by atoms with Crippen molar-refractivity contribution in [2.45, 2.75) is 47.2 Å². The number of hydrogen-bond donors (Lipinski definition) is 0. The van der Waals surface area contributed by atoms with Crippen LogP contribution in [0.5, 0.6) is 0 Å². The van der Waals surface area contributed by atoms with Crippen molar-refractivity contribution in [1.82, 2.24) is 0 Å². The Morgan fingerprint density at radius 3 is 1.46 bits per heavy atom. The molecule has 2 aliphatic rings. The molecular weight excluding hydrogens is 332 g/mol. The van der Waals surface area contributed by atoms with Gasteiger partial charge in [0.25, 0.3) is 0 Å². The Hall–Kier alpha value is -1.26. The van der Waals surface area contributed by atoms with Gasteiger partial charge < -0.3 is 9.80 Å². The Labute approximate surface area is 153 Å². The van der Waals surface area contributed by atoms with Crippen LogP contribution in [0.25, 0.3) is 0 Å². The Balaban J connectivity index is 1.83. The normalized spacial score (nSPS) is 28.2. The summed E-state index contributed by atoms with van der Waals surface area (Å²) in [7, 11) is 0. The maximum atomic E-state index is 2.59. The number of nitrogens with zero attached hydrogens (tertiary/aromatic N) is 2. The molecule has 2 aromatic carbocycles. The van der Waals surface area contributed by atoms with Gasteiger partial charge in [-0.05, 0) is 52.0 Å². The monoisotopic (exact) mass is 356 g/mol. The predicted octanol–water partition coefficient (Wildman–Crippen LogP) is 5.68. The van der Waals surface area contributed by atoms with E-state index in [0.29, 0.717) is 0 Å². The van der Waals surface area contributed by atoms with Gasteiger partial charge in [0.2, 0.25) is 0 Å². The van der Waals surface area contributed by atoms with E-state index in [9.17, 15) is 0 Å². The SMILES string of the molecule is CCN1c2ccccc2SC1(C)C1(C)Sc2ccccc2N1CC. The largest absolute Gasteiger partial charge is 0.353 e. The maximum Gasteiger partial charge on any atom is 0.121 e. The zero-order chi connectivity index (χ0) is 16.9. The van der Waals surface area contributed by atoms with Gasteiger partial charge in [0, 0.05) is 22.9 Å². The van der Waals surface area contributed by atoms with Crippen molar-refractivity contribution in [1.29, 1.82) is 0 Å². The van der Waals surface area contributed by atoms with E-state index in [1.54, 1.807) is 0 Å². The summed E-state index contributed by atoms with van der Waals surface area (Å²) in [4.78, 5) is 7.94. The highest BCUT2D eigenvalue weighted by atomic mass is 32.2. The van der Waals surface area contributed by atoms with Crippen LogP contribution in [0.3, 0.4) is 0 Å². The second-order valence-electron chi connectivity index (χ2n) is 6.59. The number of likely N-dealkylation sites (N-methyl/N-ethyl adjacent to an activating group) is 2. The van der Waals surface area contributed by atoms with Gasteiger partial charge >= 0.3 is 0 Å². The zero-order valence-corrected chi connectivity index (χ0v) is 16.4. The Bertz CT molecular complexity index is 712. The smallest absolute Gasteiger partial charge is 0.121 e. The van der Waals surface area contributed by atoms with Crippen LogP contribution in [-0.4, -0.2) is 22.8 Å². The molecule has 0 radical (unpaired) electrons. The third kappa shape index (κ3) is 1.99. The van der Waals surface area contributed by atoms with Gasteiger partial charge in [0.1, 0.15) is 9.74 Å². The molecule has 2 aliphatic heterocycles. The molecule has 2 aromatic rings. The van der Waals surface area contributed by atoms with Crippen LogP contribution in [-0.2, 0) is 0 Å². The van der Waals surface area contributed by atoms with Crippen molar-refractivity contribution in [2.75, 3.05) is 22.9 Å². The summed E-state index contributed by atoms with van der Waals surface area (Å²) in [6, 6.07) is 17.7. The lowest BCUT2D eigenvalue weighted by molar-refractivity contribution is 0.449. The molecule has 2 nitrogen and oxygen atoms in total. The van der Waals surface area contributed by atoms with Crippen LogP contribution >= 0.6 is 23.5 Å². The van der Waals surface area contributed by atoms with Crippen molar-refractivity contribution in [3.05, 3.63) is 48.5 Å². The topological polar surface area (TPSA) is 6.48 Å². The number of benzene rings is 2. The molecule has 0 spiro atoms. The fourth-order valence-electron chi connectivity index (χ4n) is 4.17. The molecule has 0 saturated heterocycles. The van der Waals surface area contributed by atoms with Crippen molar-refractivity contribution in [2.24, 2.45) is 0 Å². The van der Waals surface area contributed by atoms with E-state index in [2.05, 4.69) is 86.0 Å². The molecule has 4 rings (SSSR count). The molecule has 0 amide bonds. The van der Waals surface area contributed by atoms with E-state index in [0.717, 1.165) is 13.1 Å². The van der Waals surface area contributed by atoms with E-state index in [-0.39, 0.29) is 9.74 Å². The zero-order valence-electron chi connectivity index (χ0n) is 14.7. The number of thioether (sulfide) groups is 2. The van der Waals surface area contributed by atoms with Crippen LogP contribution in [0, 0.1) is 0 Å². The van der Waals surface area contributed by atoms with Crippen molar-refractivity contribution >= 4 is 34.9 Å². The van der Waals surface area contributed by atoms with E-state index in [1.165, 1.54) is 21.2 Å². The van der Waals surface area contributed by atoms with Crippen molar-refractivity contribution < 1.29 is 0 Å². The minimum absolute atomic E-state index is 0.0227. The highest BCUT2D eigenvalue weighted by molar-refractivity contribution is 8.05. The van der Waals surface area contributed by atoms with Crippen LogP contribution in [0.15, 0.2) is 58.3 Å². The molecule has 2 atom stereocenters. The van der Waals surface area contributed by atoms with Crippen LogP contribution in [0.2, 0.25) is 0 Å². The second-order valence-corrected chi connectivity index (χ2v) is 9.47. The quantitative estimate of drug-likeness (QED) is 0.697. The van der Waals surface area contributed by atoms with Gasteiger partial charge in [-0.15, -0.1) is 0 Å². The first-order chi connectivity index (χ1) is 11.5. The first kappa shape index (κ1) is 16.2. The molecule has 0 bridgehead atoms. The number of para-hydroxylation sites is 2. The van der Waals surface area contributed by atoms with Gasteiger partial charge in [-0.1, -0.05) is 47.8 Å². The Morgan fingerprint density at radius 2 is 1.08 bits per heavy atom. The summed E-state index contributed by atoms with van der Waals surface area (Å²) in [5, 5.41) is 0. The number of fused-ring (bicyclic) bond motifs is 2. The van der Waals surface area contributed by atoms with Gasteiger partial charge in [-0.3, -0.25) is 0 Å². The van der Waals surface area contributed by atoms with E-state index < -0.39 is 0 Å². The molecule has 126 valence electrons. The molecule has 2 heterocycles. The van der Waals surface area contributed by atoms with E-state index in [4.69, 9.17) is 0 Å². The van der Waals surface area contributed by atoms with Crippen LogP contribution in [0.1, 0.15) is 27.7 Å². The van der Waals surface area contributed by atoms with Gasteiger partial charge in [0.05, 0.1) is 11.4 Å². The predicted molar refractivity (Wildman–Crippen MR) is 107 cm³/mol. The fraction of sp³-hybridized carbons (Fsp3) is 0.400. The van der Waals surface area contributed by atoms with Gasteiger partial charge in [-0.2, -0.15) is 0 Å². The van der Waals surface area contributed by atoms with Crippen molar-refractivity contribution in [3.63, 3.8) is 0 Å². The summed E-state index contributed by atoms with van der Waals surface area (Å²) >= 11 is 4.04. The molecule has 24 heavy (non-hydrogen) atoms. The first-order valence-electron chi connectivity index (χ1n) is 8.66. The molecular formula is C20H24N2S2. The highest BCUT2D eigenvalue weighted by Gasteiger charge is 2.59. The second kappa shape index (κ2) is 5.63. The fourth-order valence-corrected chi connectivity index (χ4v) is 7.41. The van der Waals surface area contributed by atoms with Crippen LogP contribution < -0.4 is 9.80 Å². The Kier molecular flexibility index (Phi) is 3.81. The first-order valence-corrected chi connectivity index (χ1v) is 10.3. The number of anilines is 2. The lowest BCUT2D eigenvalue weighted by atomic mass is 10.0. The molecule has 0 N–H and O–H groups in total. The highest BCUT2D eigenvalue weighted by Crippen LogP contribution is 2.64. The molecule has 0 fully saturated rings. The van der Waals surface area contributed by atoms with Gasteiger partial charge in [0.15, 0.2) is 0 Å². The number of hydrogen-bond acceptors (Lipinski definition) is 4. The minimum Gasteiger partial charge on any atom is -0.353 e. The maximum absolute atomic E-state index is 2.59. The standard InChI is InChI=1S/C20H24N2S2/c1-5-21-15-11-7-9-13-17(15)23-19(21,3)20(4)22(6-2)16-12-8-10-14-18(16)24-20/h7-14H,5-6H2,1-4H3. The van der Waals surface area contributed by atoms with E-state index >= 15 is 0 Å². The summed E-state index contributed by atoms with van der Waals surface area (Å²) < 4.78 is 0. The molecule has 4 heteroatoms. The lowest BCUT2D eigenvalue weighted by Crippen LogP contribution is -2.62. The molecule has 0 aliphatic carbocycles. The van der Waals surface area contributed by atoms with Crippen LogP contribution in [0.4, 0.5) is 11.4 Å². The molecule has 0 saturated carbocycles. The minimum atomic E-state index is -0.0227. The molecule has 0 aromatic heterocycles. The number of rotatable bonds is 3. The summed E-state index contributed by atoms with van der Waals surface area (Å²) in [5.41, 5.74) is 2.75. The van der Waals surface area contributed by atoms with Crippen molar-refractivity contribution in [3.8, 4) is 0 Å².